The summed E-state index contributed by atoms with van der Waals surface area (Å²) >= 11 is 7.02. The number of benzene rings is 1. The van der Waals surface area contributed by atoms with E-state index in [2.05, 4.69) is 29.0 Å². The fraction of sp³-hybridized carbons (Fsp3) is 0.214. The summed E-state index contributed by atoms with van der Waals surface area (Å²) in [7, 11) is 1.65. The molecule has 0 radical (unpaired) electrons. The smallest absolute Gasteiger partial charge is 0.171 e. The molecule has 2 N–H and O–H groups in total. The maximum absolute atomic E-state index is 5.31. The summed E-state index contributed by atoms with van der Waals surface area (Å²) in [5.74, 6) is 0.805. The first kappa shape index (κ1) is 13.8. The summed E-state index contributed by atoms with van der Waals surface area (Å²) in [6, 6.07) is 12.0. The number of nitrogens with one attached hydrogen (secondary N) is 2. The zero-order chi connectivity index (χ0) is 13.7. The van der Waals surface area contributed by atoms with E-state index in [1.54, 1.807) is 18.4 Å². The van der Waals surface area contributed by atoms with Gasteiger partial charge in [-0.25, -0.2) is 0 Å². The molecule has 1 aromatic heterocycles. The van der Waals surface area contributed by atoms with Gasteiger partial charge in [-0.2, -0.15) is 0 Å². The molecular formula is C14H16N2OS2. The molecule has 5 heteroatoms. The largest absolute Gasteiger partial charge is 0.497 e. The summed E-state index contributed by atoms with van der Waals surface area (Å²) in [5, 5.41) is 9.08. The Hall–Kier alpha value is -1.59. The Morgan fingerprint density at radius 2 is 2.16 bits per heavy atom. The second-order valence-corrected chi connectivity index (χ2v) is 5.46. The summed E-state index contributed by atoms with van der Waals surface area (Å²) < 4.78 is 5.17. The van der Waals surface area contributed by atoms with Crippen LogP contribution in [0.15, 0.2) is 41.8 Å². The predicted octanol–water partition coefficient (Wildman–Crippen LogP) is 3.80. The van der Waals surface area contributed by atoms with Crippen molar-refractivity contribution >= 4 is 34.4 Å². The van der Waals surface area contributed by atoms with Crippen LogP contribution in [0.2, 0.25) is 0 Å². The number of anilines is 1. The Bertz CT molecular complexity index is 540. The fourth-order valence-electron chi connectivity index (χ4n) is 1.67. The first-order valence-electron chi connectivity index (χ1n) is 5.94. The maximum atomic E-state index is 5.31. The molecule has 0 aliphatic rings. The van der Waals surface area contributed by atoms with Crippen molar-refractivity contribution in [2.24, 2.45) is 0 Å². The zero-order valence-electron chi connectivity index (χ0n) is 10.8. The van der Waals surface area contributed by atoms with E-state index in [0.29, 0.717) is 5.11 Å². The summed E-state index contributed by atoms with van der Waals surface area (Å²) in [4.78, 5) is 1.26. The van der Waals surface area contributed by atoms with Gasteiger partial charge >= 0.3 is 0 Å². The lowest BCUT2D eigenvalue weighted by Gasteiger charge is -2.16. The van der Waals surface area contributed by atoms with Gasteiger partial charge in [-0.05, 0) is 42.7 Å². The Labute approximate surface area is 122 Å². The number of hydrogen-bond acceptors (Lipinski definition) is 3. The molecular weight excluding hydrogens is 276 g/mol. The van der Waals surface area contributed by atoms with Crippen LogP contribution in [0.5, 0.6) is 5.75 Å². The maximum Gasteiger partial charge on any atom is 0.171 e. The van der Waals surface area contributed by atoms with E-state index < -0.39 is 0 Å². The molecule has 0 bridgehead atoms. The molecule has 0 spiro atoms. The first-order chi connectivity index (χ1) is 9.19. The van der Waals surface area contributed by atoms with Crippen molar-refractivity contribution in [2.75, 3.05) is 12.4 Å². The molecule has 1 atom stereocenters. The van der Waals surface area contributed by atoms with E-state index in [-0.39, 0.29) is 6.04 Å². The summed E-state index contributed by atoms with van der Waals surface area (Å²) in [6.07, 6.45) is 0. The van der Waals surface area contributed by atoms with Crippen LogP contribution in [-0.4, -0.2) is 12.2 Å². The standard InChI is InChI=1S/C14H16N2OS2/c1-10(13-7-4-8-19-13)15-14(18)16-11-5-3-6-12(9-11)17-2/h3-10H,1-2H3,(H2,15,16,18)/t10-/m1/s1. The lowest BCUT2D eigenvalue weighted by atomic mass is 10.3. The average Bonchev–Trinajstić information content (AvgIpc) is 2.92. The topological polar surface area (TPSA) is 33.3 Å². The lowest BCUT2D eigenvalue weighted by molar-refractivity contribution is 0.415. The number of rotatable bonds is 4. The highest BCUT2D eigenvalue weighted by Crippen LogP contribution is 2.19. The van der Waals surface area contributed by atoms with Gasteiger partial charge in [-0.15, -0.1) is 11.3 Å². The van der Waals surface area contributed by atoms with Crippen LogP contribution in [0.3, 0.4) is 0 Å². The van der Waals surface area contributed by atoms with Crippen LogP contribution in [0, 0.1) is 0 Å². The molecule has 0 aliphatic heterocycles. The third-order valence-electron chi connectivity index (χ3n) is 2.65. The van der Waals surface area contributed by atoms with Crippen LogP contribution in [0.4, 0.5) is 5.69 Å². The van der Waals surface area contributed by atoms with Gasteiger partial charge in [0.05, 0.1) is 13.2 Å². The van der Waals surface area contributed by atoms with Crippen LogP contribution in [-0.2, 0) is 0 Å². The highest BCUT2D eigenvalue weighted by Gasteiger charge is 2.07. The minimum atomic E-state index is 0.200. The Morgan fingerprint density at radius 1 is 1.32 bits per heavy atom. The van der Waals surface area contributed by atoms with Gasteiger partial charge in [-0.3, -0.25) is 0 Å². The Kier molecular flexibility index (Phi) is 4.76. The Morgan fingerprint density at radius 3 is 2.84 bits per heavy atom. The Balaban J connectivity index is 1.93. The molecule has 0 fully saturated rings. The van der Waals surface area contributed by atoms with Crippen LogP contribution < -0.4 is 15.4 Å². The van der Waals surface area contributed by atoms with Gasteiger partial charge in [0.25, 0.3) is 0 Å². The molecule has 100 valence electrons. The number of thiocarbonyl (C=S) groups is 1. The van der Waals surface area contributed by atoms with Gasteiger partial charge in [0.15, 0.2) is 5.11 Å². The van der Waals surface area contributed by atoms with Gasteiger partial charge < -0.3 is 15.4 Å². The van der Waals surface area contributed by atoms with E-state index in [0.717, 1.165) is 11.4 Å². The summed E-state index contributed by atoms with van der Waals surface area (Å²) in [5.41, 5.74) is 0.912. The molecule has 0 saturated carbocycles. The van der Waals surface area contributed by atoms with Gasteiger partial charge in [0.2, 0.25) is 0 Å². The predicted molar refractivity (Wildman–Crippen MR) is 85.1 cm³/mol. The second-order valence-electron chi connectivity index (χ2n) is 4.07. The number of thiophene rings is 1. The van der Waals surface area contributed by atoms with Crippen molar-refractivity contribution in [3.8, 4) is 5.75 Å². The SMILES string of the molecule is COc1cccc(NC(=S)N[C@H](C)c2cccs2)c1. The molecule has 1 heterocycles. The molecule has 0 saturated heterocycles. The molecule has 19 heavy (non-hydrogen) atoms. The van der Waals surface area contributed by atoms with E-state index in [4.69, 9.17) is 17.0 Å². The number of ether oxygens (including phenoxy) is 1. The molecule has 0 aliphatic carbocycles. The van der Waals surface area contributed by atoms with E-state index in [1.165, 1.54) is 4.88 Å². The summed E-state index contributed by atoms with van der Waals surface area (Å²) in [6.45, 7) is 2.09. The molecule has 2 rings (SSSR count). The van der Waals surface area contributed by atoms with Crippen molar-refractivity contribution in [1.29, 1.82) is 0 Å². The minimum Gasteiger partial charge on any atom is -0.497 e. The first-order valence-corrected chi connectivity index (χ1v) is 7.23. The lowest BCUT2D eigenvalue weighted by Crippen LogP contribution is -2.30. The van der Waals surface area contributed by atoms with Crippen molar-refractivity contribution in [3.05, 3.63) is 46.7 Å². The average molecular weight is 292 g/mol. The van der Waals surface area contributed by atoms with Gasteiger partial charge in [-0.1, -0.05) is 12.1 Å². The van der Waals surface area contributed by atoms with E-state index >= 15 is 0 Å². The van der Waals surface area contributed by atoms with E-state index in [1.807, 2.05) is 30.3 Å². The van der Waals surface area contributed by atoms with Gasteiger partial charge in [0, 0.05) is 16.6 Å². The van der Waals surface area contributed by atoms with E-state index in [9.17, 15) is 0 Å². The van der Waals surface area contributed by atoms with Crippen molar-refractivity contribution < 1.29 is 4.74 Å². The monoisotopic (exact) mass is 292 g/mol. The van der Waals surface area contributed by atoms with Crippen molar-refractivity contribution in [1.82, 2.24) is 5.32 Å². The normalized spacial score (nSPS) is 11.7. The molecule has 1 aromatic carbocycles. The second kappa shape index (κ2) is 6.54. The van der Waals surface area contributed by atoms with Crippen LogP contribution in [0.25, 0.3) is 0 Å². The zero-order valence-corrected chi connectivity index (χ0v) is 12.5. The number of methoxy groups -OCH3 is 1. The third-order valence-corrected chi connectivity index (χ3v) is 3.92. The molecule has 0 unspecified atom stereocenters. The number of hydrogen-bond donors (Lipinski definition) is 2. The molecule has 0 amide bonds. The highest BCUT2D eigenvalue weighted by atomic mass is 32.1. The van der Waals surface area contributed by atoms with Gasteiger partial charge in [0.1, 0.15) is 5.75 Å². The molecule has 2 aromatic rings. The quantitative estimate of drug-likeness (QED) is 0.840. The van der Waals surface area contributed by atoms with Crippen LogP contribution >= 0.6 is 23.6 Å². The third kappa shape index (κ3) is 3.94. The van der Waals surface area contributed by atoms with Crippen molar-refractivity contribution in [3.63, 3.8) is 0 Å². The minimum absolute atomic E-state index is 0.200. The van der Waals surface area contributed by atoms with Crippen molar-refractivity contribution in [2.45, 2.75) is 13.0 Å². The molecule has 3 nitrogen and oxygen atoms in total. The highest BCUT2D eigenvalue weighted by molar-refractivity contribution is 7.80. The fourth-order valence-corrected chi connectivity index (χ4v) is 2.70. The van der Waals surface area contributed by atoms with Crippen LogP contribution in [0.1, 0.15) is 17.8 Å².